The summed E-state index contributed by atoms with van der Waals surface area (Å²) >= 11 is 12.3. The summed E-state index contributed by atoms with van der Waals surface area (Å²) in [6.45, 7) is 6.40. The molecule has 0 fully saturated rings. The number of rotatable bonds is 6. The van der Waals surface area contributed by atoms with Crippen molar-refractivity contribution in [3.05, 3.63) is 28.0 Å². The van der Waals surface area contributed by atoms with Crippen LogP contribution < -0.4 is 5.32 Å². The number of fused-ring (bicyclic) bond motifs is 1. The lowest BCUT2D eigenvalue weighted by Gasteiger charge is -2.09. The zero-order chi connectivity index (χ0) is 16.3. The predicted molar refractivity (Wildman–Crippen MR) is 88.9 cm³/mol. The average Bonchev–Trinajstić information content (AvgIpc) is 2.74. The standard InChI is InChI=1S/C15H19Cl2N3O2/c1-4-22-13(21)7-18-15-12(5-9(2)3)19-14-11(17)6-10(16)8-20(14)15/h6,8-9,18H,4-5,7H2,1-3H3. The molecule has 0 aliphatic rings. The summed E-state index contributed by atoms with van der Waals surface area (Å²) in [7, 11) is 0. The largest absolute Gasteiger partial charge is 0.465 e. The van der Waals surface area contributed by atoms with Gasteiger partial charge in [-0.3, -0.25) is 9.20 Å². The van der Waals surface area contributed by atoms with Gasteiger partial charge in [0.15, 0.2) is 5.65 Å². The monoisotopic (exact) mass is 343 g/mol. The number of esters is 1. The first kappa shape index (κ1) is 16.9. The van der Waals surface area contributed by atoms with Gasteiger partial charge in [0.05, 0.1) is 22.3 Å². The van der Waals surface area contributed by atoms with Gasteiger partial charge in [-0.2, -0.15) is 0 Å². The van der Waals surface area contributed by atoms with Gasteiger partial charge in [-0.15, -0.1) is 0 Å². The molecule has 0 aliphatic heterocycles. The van der Waals surface area contributed by atoms with Crippen LogP contribution in [0.5, 0.6) is 0 Å². The molecule has 1 N–H and O–H groups in total. The Morgan fingerprint density at radius 1 is 1.45 bits per heavy atom. The highest BCUT2D eigenvalue weighted by Crippen LogP contribution is 2.28. The van der Waals surface area contributed by atoms with E-state index in [-0.39, 0.29) is 12.5 Å². The Kier molecular flexibility index (Phi) is 5.53. The molecule has 2 aromatic heterocycles. The highest BCUT2D eigenvalue weighted by atomic mass is 35.5. The summed E-state index contributed by atoms with van der Waals surface area (Å²) in [5, 5.41) is 4.07. The van der Waals surface area contributed by atoms with E-state index in [1.807, 2.05) is 0 Å². The van der Waals surface area contributed by atoms with Crippen LogP contribution in [0.1, 0.15) is 26.5 Å². The molecule has 0 radical (unpaired) electrons. The molecule has 22 heavy (non-hydrogen) atoms. The minimum Gasteiger partial charge on any atom is -0.465 e. The molecule has 0 bridgehead atoms. The van der Waals surface area contributed by atoms with Gasteiger partial charge >= 0.3 is 5.97 Å². The van der Waals surface area contributed by atoms with Crippen LogP contribution in [-0.4, -0.2) is 28.5 Å². The van der Waals surface area contributed by atoms with E-state index in [9.17, 15) is 4.79 Å². The van der Waals surface area contributed by atoms with Crippen LogP contribution in [0, 0.1) is 5.92 Å². The number of pyridine rings is 1. The molecule has 2 rings (SSSR count). The van der Waals surface area contributed by atoms with Gasteiger partial charge in [0.2, 0.25) is 0 Å². The second-order valence-electron chi connectivity index (χ2n) is 5.36. The summed E-state index contributed by atoms with van der Waals surface area (Å²) in [5.74, 6) is 0.824. The van der Waals surface area contributed by atoms with Crippen LogP contribution in [0.2, 0.25) is 10.0 Å². The fraction of sp³-hybridized carbons (Fsp3) is 0.467. The van der Waals surface area contributed by atoms with Crippen molar-refractivity contribution < 1.29 is 9.53 Å². The Bertz CT molecular complexity index is 683. The van der Waals surface area contributed by atoms with Crippen molar-refractivity contribution in [1.82, 2.24) is 9.38 Å². The number of hydrogen-bond donors (Lipinski definition) is 1. The number of anilines is 1. The SMILES string of the molecule is CCOC(=O)CNc1c(CC(C)C)nc2c(Cl)cc(Cl)cn12. The number of carbonyl (C=O) groups is 1. The first-order valence-corrected chi connectivity index (χ1v) is 7.93. The summed E-state index contributed by atoms with van der Waals surface area (Å²) in [6, 6.07) is 1.65. The summed E-state index contributed by atoms with van der Waals surface area (Å²) in [5.41, 5.74) is 1.47. The molecule has 2 heterocycles. The van der Waals surface area contributed by atoms with E-state index in [1.54, 1.807) is 23.6 Å². The van der Waals surface area contributed by atoms with Crippen LogP contribution in [0.4, 0.5) is 5.82 Å². The molecule has 7 heteroatoms. The first-order valence-electron chi connectivity index (χ1n) is 7.17. The van der Waals surface area contributed by atoms with Gasteiger partial charge < -0.3 is 10.1 Å². The van der Waals surface area contributed by atoms with Crippen molar-refractivity contribution in [2.45, 2.75) is 27.2 Å². The molecule has 0 aliphatic carbocycles. The molecule has 0 spiro atoms. The van der Waals surface area contributed by atoms with Gasteiger partial charge in [0, 0.05) is 6.20 Å². The predicted octanol–water partition coefficient (Wildman–Crippen LogP) is 3.81. The maximum Gasteiger partial charge on any atom is 0.325 e. The van der Waals surface area contributed by atoms with Gasteiger partial charge in [-0.25, -0.2) is 4.98 Å². The maximum atomic E-state index is 11.6. The number of nitrogens with one attached hydrogen (secondary N) is 1. The first-order chi connectivity index (χ1) is 10.4. The Labute approximate surface area is 139 Å². The van der Waals surface area contributed by atoms with E-state index in [2.05, 4.69) is 24.1 Å². The molecule has 5 nitrogen and oxygen atoms in total. The number of aromatic nitrogens is 2. The molecule has 0 atom stereocenters. The number of carbonyl (C=O) groups excluding carboxylic acids is 1. The van der Waals surface area contributed by atoms with Crippen molar-refractivity contribution in [3.63, 3.8) is 0 Å². The third-order valence-corrected chi connectivity index (χ3v) is 3.51. The highest BCUT2D eigenvalue weighted by molar-refractivity contribution is 6.36. The zero-order valence-corrected chi connectivity index (χ0v) is 14.3. The van der Waals surface area contributed by atoms with E-state index in [4.69, 9.17) is 27.9 Å². The van der Waals surface area contributed by atoms with Crippen molar-refractivity contribution in [1.29, 1.82) is 0 Å². The molecule has 2 aromatic rings. The normalized spacial score (nSPS) is 11.2. The minimum absolute atomic E-state index is 0.0663. The molecule has 0 aromatic carbocycles. The number of hydrogen-bond acceptors (Lipinski definition) is 4. The van der Waals surface area contributed by atoms with Crippen molar-refractivity contribution in [2.75, 3.05) is 18.5 Å². The van der Waals surface area contributed by atoms with Gasteiger partial charge in [0.25, 0.3) is 0 Å². The fourth-order valence-electron chi connectivity index (χ4n) is 2.20. The average molecular weight is 344 g/mol. The van der Waals surface area contributed by atoms with Gasteiger partial charge in [-0.1, -0.05) is 37.0 Å². The second-order valence-corrected chi connectivity index (χ2v) is 6.21. The molecule has 120 valence electrons. The molecule has 0 saturated heterocycles. The Balaban J connectivity index is 2.40. The molecular formula is C15H19Cl2N3O2. The highest BCUT2D eigenvalue weighted by Gasteiger charge is 2.17. The lowest BCUT2D eigenvalue weighted by molar-refractivity contribution is -0.140. The lowest BCUT2D eigenvalue weighted by Crippen LogP contribution is -2.18. The quantitative estimate of drug-likeness (QED) is 0.810. The van der Waals surface area contributed by atoms with E-state index >= 15 is 0 Å². The maximum absolute atomic E-state index is 11.6. The van der Waals surface area contributed by atoms with Crippen LogP contribution in [0.15, 0.2) is 12.3 Å². The Morgan fingerprint density at radius 3 is 2.82 bits per heavy atom. The molecular weight excluding hydrogens is 325 g/mol. The van der Waals surface area contributed by atoms with E-state index in [0.717, 1.165) is 17.9 Å². The molecule has 0 saturated carbocycles. The lowest BCUT2D eigenvalue weighted by atomic mass is 10.1. The van der Waals surface area contributed by atoms with E-state index < -0.39 is 0 Å². The summed E-state index contributed by atoms with van der Waals surface area (Å²) in [4.78, 5) is 16.2. The van der Waals surface area contributed by atoms with Crippen molar-refractivity contribution in [2.24, 2.45) is 5.92 Å². The third kappa shape index (κ3) is 3.84. The topological polar surface area (TPSA) is 55.6 Å². The van der Waals surface area contributed by atoms with Crippen molar-refractivity contribution in [3.8, 4) is 0 Å². The van der Waals surface area contributed by atoms with Crippen LogP contribution in [0.3, 0.4) is 0 Å². The summed E-state index contributed by atoms with van der Waals surface area (Å²) < 4.78 is 6.72. The minimum atomic E-state index is -0.318. The number of halogens is 2. The summed E-state index contributed by atoms with van der Waals surface area (Å²) in [6.07, 6.45) is 2.49. The Hall–Kier alpha value is -1.46. The van der Waals surface area contributed by atoms with Gasteiger partial charge in [-0.05, 0) is 25.3 Å². The number of nitrogens with zero attached hydrogens (tertiary/aromatic N) is 2. The number of imidazole rings is 1. The molecule has 0 unspecified atom stereocenters. The third-order valence-electron chi connectivity index (χ3n) is 3.02. The van der Waals surface area contributed by atoms with Gasteiger partial charge in [0.1, 0.15) is 12.4 Å². The Morgan fingerprint density at radius 2 is 2.18 bits per heavy atom. The van der Waals surface area contributed by atoms with Crippen molar-refractivity contribution >= 4 is 40.6 Å². The molecule has 0 amide bonds. The van der Waals surface area contributed by atoms with E-state index in [1.165, 1.54) is 0 Å². The van der Waals surface area contributed by atoms with Crippen LogP contribution >= 0.6 is 23.2 Å². The second kappa shape index (κ2) is 7.20. The smallest absolute Gasteiger partial charge is 0.325 e. The van der Waals surface area contributed by atoms with Crippen LogP contribution in [0.25, 0.3) is 5.65 Å². The van der Waals surface area contributed by atoms with Crippen LogP contribution in [-0.2, 0) is 16.0 Å². The van der Waals surface area contributed by atoms with E-state index in [0.29, 0.717) is 28.2 Å². The number of ether oxygens (including phenoxy) is 1. The zero-order valence-electron chi connectivity index (χ0n) is 12.8. The fourth-order valence-corrected chi connectivity index (χ4v) is 2.72.